The standard InChI is InChI=1S/C25H29N3O2/c1-17(28-18(2)26)20-8-10-21(11-9-20)23(29)16-19-12-14-25(15-13-19,24(27)30)22-6-4-3-5-7-22/h3-11,19H,1,12-16H2,2H3,(H2,26,28)(H2,27,30). The Morgan fingerprint density at radius 1 is 1.00 bits per heavy atom. The highest BCUT2D eigenvalue weighted by atomic mass is 16.1. The molecule has 1 aliphatic carbocycles. The molecule has 1 fully saturated rings. The van der Waals surface area contributed by atoms with Crippen molar-refractivity contribution in [3.05, 3.63) is 77.9 Å². The summed E-state index contributed by atoms with van der Waals surface area (Å²) < 4.78 is 0. The van der Waals surface area contributed by atoms with Crippen LogP contribution in [0.2, 0.25) is 0 Å². The van der Waals surface area contributed by atoms with Gasteiger partial charge in [0, 0.05) is 12.0 Å². The van der Waals surface area contributed by atoms with Crippen LogP contribution in [0.25, 0.3) is 5.70 Å². The first-order valence-corrected chi connectivity index (χ1v) is 10.3. The molecule has 3 rings (SSSR count). The van der Waals surface area contributed by atoms with Crippen LogP contribution in [-0.2, 0) is 10.2 Å². The summed E-state index contributed by atoms with van der Waals surface area (Å²) in [6.45, 7) is 5.60. The van der Waals surface area contributed by atoms with Crippen LogP contribution in [0.5, 0.6) is 0 Å². The lowest BCUT2D eigenvalue weighted by molar-refractivity contribution is -0.125. The van der Waals surface area contributed by atoms with Crippen molar-refractivity contribution in [2.75, 3.05) is 0 Å². The summed E-state index contributed by atoms with van der Waals surface area (Å²) in [6, 6.07) is 17.1. The second-order valence-electron chi connectivity index (χ2n) is 8.16. The van der Waals surface area contributed by atoms with E-state index >= 15 is 0 Å². The molecule has 2 aromatic rings. The largest absolute Gasteiger partial charge is 0.387 e. The maximum absolute atomic E-state index is 12.8. The van der Waals surface area contributed by atoms with Crippen molar-refractivity contribution in [3.63, 3.8) is 0 Å². The lowest BCUT2D eigenvalue weighted by Gasteiger charge is -2.38. The summed E-state index contributed by atoms with van der Waals surface area (Å²) in [5.74, 6) is 0.541. The average molecular weight is 404 g/mol. The highest BCUT2D eigenvalue weighted by Crippen LogP contribution is 2.42. The molecule has 4 N–H and O–H groups in total. The Balaban J connectivity index is 1.63. The number of nitrogens with zero attached hydrogens (tertiary/aromatic N) is 1. The molecule has 5 nitrogen and oxygen atoms in total. The minimum atomic E-state index is -0.621. The molecule has 5 heteroatoms. The smallest absolute Gasteiger partial charge is 0.228 e. The van der Waals surface area contributed by atoms with E-state index < -0.39 is 5.41 Å². The fourth-order valence-electron chi connectivity index (χ4n) is 4.32. The van der Waals surface area contributed by atoms with E-state index in [4.69, 9.17) is 11.5 Å². The van der Waals surface area contributed by atoms with Crippen molar-refractivity contribution in [1.82, 2.24) is 0 Å². The Labute approximate surface area is 177 Å². The predicted molar refractivity (Wildman–Crippen MR) is 121 cm³/mol. The number of amides is 1. The van der Waals surface area contributed by atoms with E-state index in [2.05, 4.69) is 11.6 Å². The molecule has 0 unspecified atom stereocenters. The van der Waals surface area contributed by atoms with Gasteiger partial charge >= 0.3 is 0 Å². The zero-order valence-electron chi connectivity index (χ0n) is 17.4. The number of primary amides is 1. The number of aliphatic imine (C=N–C) groups is 1. The van der Waals surface area contributed by atoms with E-state index in [0.29, 0.717) is 36.4 Å². The lowest BCUT2D eigenvalue weighted by Crippen LogP contribution is -2.44. The second-order valence-corrected chi connectivity index (χ2v) is 8.16. The zero-order chi connectivity index (χ0) is 21.7. The molecule has 0 spiro atoms. The molecule has 0 radical (unpaired) electrons. The van der Waals surface area contributed by atoms with E-state index in [1.165, 1.54) is 0 Å². The van der Waals surface area contributed by atoms with Crippen LogP contribution in [0.3, 0.4) is 0 Å². The minimum absolute atomic E-state index is 0.113. The lowest BCUT2D eigenvalue weighted by atomic mass is 9.65. The number of hydrogen-bond donors (Lipinski definition) is 2. The highest BCUT2D eigenvalue weighted by molar-refractivity contribution is 5.96. The molecule has 0 aliphatic heterocycles. The fraction of sp³-hybridized carbons (Fsp3) is 0.320. The molecule has 1 saturated carbocycles. The summed E-state index contributed by atoms with van der Waals surface area (Å²) in [7, 11) is 0. The number of Topliss-reactive ketones (excluding diaryl/α,β-unsaturated/α-hetero) is 1. The van der Waals surface area contributed by atoms with Gasteiger partial charge < -0.3 is 11.5 Å². The minimum Gasteiger partial charge on any atom is -0.387 e. The van der Waals surface area contributed by atoms with E-state index in [0.717, 1.165) is 24.0 Å². The quantitative estimate of drug-likeness (QED) is 0.411. The van der Waals surface area contributed by atoms with Gasteiger partial charge in [-0.3, -0.25) is 9.59 Å². The van der Waals surface area contributed by atoms with Gasteiger partial charge in [-0.05, 0) is 49.7 Å². The highest BCUT2D eigenvalue weighted by Gasteiger charge is 2.42. The van der Waals surface area contributed by atoms with Gasteiger partial charge in [-0.25, -0.2) is 4.99 Å². The third-order valence-corrected chi connectivity index (χ3v) is 6.08. The van der Waals surface area contributed by atoms with Crippen LogP contribution in [0.15, 0.2) is 66.2 Å². The van der Waals surface area contributed by atoms with Crippen molar-refractivity contribution in [3.8, 4) is 0 Å². The number of carbonyl (C=O) groups is 2. The topological polar surface area (TPSA) is 98.5 Å². The SMILES string of the molecule is C=C(N=C(C)N)c1ccc(C(=O)CC2CCC(C(N)=O)(c3ccccc3)CC2)cc1. The summed E-state index contributed by atoms with van der Waals surface area (Å²) in [6.07, 6.45) is 3.45. The van der Waals surface area contributed by atoms with Crippen molar-refractivity contribution in [2.24, 2.45) is 22.4 Å². The van der Waals surface area contributed by atoms with Gasteiger partial charge in [-0.15, -0.1) is 0 Å². The Bertz CT molecular complexity index is 950. The van der Waals surface area contributed by atoms with E-state index in [1.54, 1.807) is 6.92 Å². The summed E-state index contributed by atoms with van der Waals surface area (Å²) in [5.41, 5.74) is 13.8. The number of amidine groups is 1. The van der Waals surface area contributed by atoms with E-state index in [9.17, 15) is 9.59 Å². The third-order valence-electron chi connectivity index (χ3n) is 6.08. The van der Waals surface area contributed by atoms with Gasteiger partial charge in [0.25, 0.3) is 0 Å². The first-order chi connectivity index (χ1) is 14.3. The molecule has 0 atom stereocenters. The number of benzene rings is 2. The summed E-state index contributed by atoms with van der Waals surface area (Å²) in [5, 5.41) is 0. The van der Waals surface area contributed by atoms with Crippen LogP contribution in [-0.4, -0.2) is 17.5 Å². The Hall–Kier alpha value is -3.21. The third kappa shape index (κ3) is 4.67. The normalized spacial score (nSPS) is 21.8. The van der Waals surface area contributed by atoms with Crippen molar-refractivity contribution >= 4 is 23.2 Å². The summed E-state index contributed by atoms with van der Waals surface area (Å²) >= 11 is 0. The van der Waals surface area contributed by atoms with Crippen LogP contribution >= 0.6 is 0 Å². The van der Waals surface area contributed by atoms with Crippen molar-refractivity contribution in [1.29, 1.82) is 0 Å². The maximum atomic E-state index is 12.8. The van der Waals surface area contributed by atoms with Gasteiger partial charge in [-0.2, -0.15) is 0 Å². The fourth-order valence-corrected chi connectivity index (χ4v) is 4.32. The Morgan fingerprint density at radius 3 is 2.10 bits per heavy atom. The number of rotatable bonds is 7. The average Bonchev–Trinajstić information content (AvgIpc) is 2.74. The molecular weight excluding hydrogens is 374 g/mol. The Kier molecular flexibility index (Phi) is 6.50. The molecule has 1 amide bonds. The van der Waals surface area contributed by atoms with Crippen molar-refractivity contribution in [2.45, 2.75) is 44.4 Å². The zero-order valence-corrected chi connectivity index (χ0v) is 17.4. The van der Waals surface area contributed by atoms with Crippen LogP contribution in [0, 0.1) is 5.92 Å². The number of carbonyl (C=O) groups excluding carboxylic acids is 2. The predicted octanol–water partition coefficient (Wildman–Crippen LogP) is 4.22. The first-order valence-electron chi connectivity index (χ1n) is 10.3. The molecule has 0 saturated heterocycles. The van der Waals surface area contributed by atoms with Gasteiger partial charge in [0.1, 0.15) is 0 Å². The van der Waals surface area contributed by atoms with Crippen molar-refractivity contribution < 1.29 is 9.59 Å². The van der Waals surface area contributed by atoms with Crippen LogP contribution < -0.4 is 11.5 Å². The summed E-state index contributed by atoms with van der Waals surface area (Å²) in [4.78, 5) is 29.2. The van der Waals surface area contributed by atoms with Gasteiger partial charge in [0.15, 0.2) is 5.78 Å². The molecule has 0 bridgehead atoms. The number of ketones is 1. The number of hydrogen-bond acceptors (Lipinski definition) is 3. The molecule has 0 aromatic heterocycles. The molecular formula is C25H29N3O2. The van der Waals surface area contributed by atoms with Crippen LogP contribution in [0.1, 0.15) is 60.5 Å². The van der Waals surface area contributed by atoms with Gasteiger partial charge in [-0.1, -0.05) is 61.2 Å². The molecule has 1 aliphatic rings. The van der Waals surface area contributed by atoms with Crippen LogP contribution in [0.4, 0.5) is 0 Å². The maximum Gasteiger partial charge on any atom is 0.228 e. The van der Waals surface area contributed by atoms with E-state index in [1.807, 2.05) is 54.6 Å². The Morgan fingerprint density at radius 2 is 1.57 bits per heavy atom. The molecule has 2 aromatic carbocycles. The second kappa shape index (κ2) is 9.08. The molecule has 156 valence electrons. The van der Waals surface area contributed by atoms with Gasteiger partial charge in [0.05, 0.1) is 16.9 Å². The van der Waals surface area contributed by atoms with Gasteiger partial charge in [0.2, 0.25) is 5.91 Å². The monoisotopic (exact) mass is 403 g/mol. The number of nitrogens with two attached hydrogens (primary N) is 2. The van der Waals surface area contributed by atoms with E-state index in [-0.39, 0.29) is 17.6 Å². The first kappa shape index (κ1) is 21.5. The molecule has 30 heavy (non-hydrogen) atoms. The molecule has 0 heterocycles.